The zero-order valence-electron chi connectivity index (χ0n) is 12.1. The van der Waals surface area contributed by atoms with Gasteiger partial charge in [0.2, 0.25) is 0 Å². The second-order valence-electron chi connectivity index (χ2n) is 6.77. The topological polar surface area (TPSA) is 29.5 Å². The molecule has 1 rings (SSSR count). The first-order chi connectivity index (χ1) is 7.64. The highest BCUT2D eigenvalue weighted by Crippen LogP contribution is 2.44. The van der Waals surface area contributed by atoms with Crippen LogP contribution in [0.3, 0.4) is 0 Å². The molecule has 102 valence electrons. The number of hydrogen-bond acceptors (Lipinski definition) is 3. The van der Waals surface area contributed by atoms with Crippen LogP contribution in [-0.4, -0.2) is 33.9 Å². The van der Waals surface area contributed by atoms with Gasteiger partial charge in [0.1, 0.15) is 0 Å². The molecule has 1 heterocycles. The molecule has 2 unspecified atom stereocenters. The summed E-state index contributed by atoms with van der Waals surface area (Å²) in [5, 5.41) is 10.3. The third kappa shape index (κ3) is 4.46. The molecule has 2 atom stereocenters. The van der Waals surface area contributed by atoms with Crippen molar-refractivity contribution >= 4 is 11.8 Å². The highest BCUT2D eigenvalue weighted by molar-refractivity contribution is 7.99. The first kappa shape index (κ1) is 15.3. The summed E-state index contributed by atoms with van der Waals surface area (Å²) in [6.07, 6.45) is 0.694. The van der Waals surface area contributed by atoms with Gasteiger partial charge < -0.3 is 9.84 Å². The van der Waals surface area contributed by atoms with Crippen molar-refractivity contribution in [3.8, 4) is 0 Å². The summed E-state index contributed by atoms with van der Waals surface area (Å²) in [7, 11) is 0. The third-order valence-corrected chi connectivity index (χ3v) is 4.83. The summed E-state index contributed by atoms with van der Waals surface area (Å²) < 4.78 is 6.03. The van der Waals surface area contributed by atoms with Crippen LogP contribution in [-0.2, 0) is 4.74 Å². The average Bonchev–Trinajstić information content (AvgIpc) is 2.33. The number of ether oxygens (including phenoxy) is 1. The second-order valence-corrected chi connectivity index (χ2v) is 7.85. The van der Waals surface area contributed by atoms with Crippen molar-refractivity contribution in [2.75, 3.05) is 11.5 Å². The third-order valence-electron chi connectivity index (χ3n) is 3.35. The maximum Gasteiger partial charge on any atom is 0.0687 e. The minimum absolute atomic E-state index is 0.0993. The van der Waals surface area contributed by atoms with Crippen LogP contribution in [0.5, 0.6) is 0 Å². The Kier molecular flexibility index (Phi) is 4.96. The summed E-state index contributed by atoms with van der Waals surface area (Å²) in [5.41, 5.74) is -0.306. The fraction of sp³-hybridized carbons (Fsp3) is 1.00. The van der Waals surface area contributed by atoms with E-state index in [0.717, 1.165) is 17.9 Å². The number of hydrogen-bond donors (Lipinski definition) is 1. The number of aliphatic hydroxyl groups excluding tert-OH is 1. The number of rotatable bonds is 5. The summed E-state index contributed by atoms with van der Waals surface area (Å²) >= 11 is 1.85. The Balaban J connectivity index is 2.49. The lowest BCUT2D eigenvalue weighted by atomic mass is 9.84. The maximum atomic E-state index is 10.3. The molecule has 1 aliphatic rings. The fourth-order valence-electron chi connectivity index (χ4n) is 2.74. The standard InChI is InChI=1S/C14H28O2S/c1-10(2)8-17-9-12(15)11-7-13(3,4)16-14(11,5)6/h10-12,15H,7-9H2,1-6H3. The van der Waals surface area contributed by atoms with E-state index in [-0.39, 0.29) is 23.2 Å². The van der Waals surface area contributed by atoms with Gasteiger partial charge in [-0.2, -0.15) is 11.8 Å². The monoisotopic (exact) mass is 260 g/mol. The van der Waals surface area contributed by atoms with Gasteiger partial charge in [-0.25, -0.2) is 0 Å². The molecule has 1 N–H and O–H groups in total. The predicted octanol–water partition coefficient (Wildman–Crippen LogP) is 3.33. The molecule has 0 saturated carbocycles. The molecule has 3 heteroatoms. The van der Waals surface area contributed by atoms with Gasteiger partial charge in [0, 0.05) is 11.7 Å². The van der Waals surface area contributed by atoms with Gasteiger partial charge in [0.25, 0.3) is 0 Å². The SMILES string of the molecule is CC(C)CSCC(O)C1CC(C)(C)OC1(C)C. The highest BCUT2D eigenvalue weighted by Gasteiger charge is 2.48. The van der Waals surface area contributed by atoms with Crippen LogP contribution in [0.2, 0.25) is 0 Å². The minimum Gasteiger partial charge on any atom is -0.392 e. The Morgan fingerprint density at radius 1 is 1.24 bits per heavy atom. The van der Waals surface area contributed by atoms with Crippen LogP contribution in [0, 0.1) is 11.8 Å². The van der Waals surface area contributed by atoms with Crippen LogP contribution >= 0.6 is 11.8 Å². The largest absolute Gasteiger partial charge is 0.392 e. The van der Waals surface area contributed by atoms with Crippen LogP contribution in [0.1, 0.15) is 48.0 Å². The van der Waals surface area contributed by atoms with Crippen LogP contribution < -0.4 is 0 Å². The molecule has 0 spiro atoms. The Morgan fingerprint density at radius 2 is 1.82 bits per heavy atom. The van der Waals surface area contributed by atoms with E-state index < -0.39 is 0 Å². The van der Waals surface area contributed by atoms with E-state index in [1.165, 1.54) is 0 Å². The van der Waals surface area contributed by atoms with Crippen molar-refractivity contribution in [1.29, 1.82) is 0 Å². The summed E-state index contributed by atoms with van der Waals surface area (Å²) in [5.74, 6) is 2.88. The lowest BCUT2D eigenvalue weighted by molar-refractivity contribution is -0.0853. The number of aliphatic hydroxyl groups is 1. The summed E-state index contributed by atoms with van der Waals surface area (Å²) in [6, 6.07) is 0. The van der Waals surface area contributed by atoms with Crippen molar-refractivity contribution in [2.24, 2.45) is 11.8 Å². The quantitative estimate of drug-likeness (QED) is 0.822. The molecule has 1 saturated heterocycles. The normalized spacial score (nSPS) is 28.6. The molecular formula is C14H28O2S. The van der Waals surface area contributed by atoms with Gasteiger partial charge in [-0.3, -0.25) is 0 Å². The Bertz CT molecular complexity index is 249. The van der Waals surface area contributed by atoms with Gasteiger partial charge in [-0.05, 0) is 45.8 Å². The Morgan fingerprint density at radius 3 is 2.24 bits per heavy atom. The first-order valence-corrected chi connectivity index (χ1v) is 7.75. The molecule has 17 heavy (non-hydrogen) atoms. The molecular weight excluding hydrogens is 232 g/mol. The van der Waals surface area contributed by atoms with Crippen LogP contribution in [0.4, 0.5) is 0 Å². The lowest BCUT2D eigenvalue weighted by Gasteiger charge is -2.30. The predicted molar refractivity (Wildman–Crippen MR) is 75.5 cm³/mol. The number of thioether (sulfide) groups is 1. The van der Waals surface area contributed by atoms with Crippen LogP contribution in [0.15, 0.2) is 0 Å². The fourth-order valence-corrected chi connectivity index (χ4v) is 3.83. The first-order valence-electron chi connectivity index (χ1n) is 6.60. The molecule has 0 aliphatic carbocycles. The Labute approximate surface area is 111 Å². The van der Waals surface area contributed by atoms with Gasteiger partial charge in [0.05, 0.1) is 17.3 Å². The van der Waals surface area contributed by atoms with Gasteiger partial charge in [-0.1, -0.05) is 13.8 Å². The van der Waals surface area contributed by atoms with Crippen molar-refractivity contribution in [2.45, 2.75) is 65.3 Å². The molecule has 0 aromatic rings. The van der Waals surface area contributed by atoms with Crippen molar-refractivity contribution in [3.05, 3.63) is 0 Å². The minimum atomic E-state index is -0.254. The zero-order valence-corrected chi connectivity index (χ0v) is 12.9. The van der Waals surface area contributed by atoms with E-state index in [9.17, 15) is 5.11 Å². The van der Waals surface area contributed by atoms with E-state index in [1.807, 2.05) is 11.8 Å². The van der Waals surface area contributed by atoms with Crippen molar-refractivity contribution in [3.63, 3.8) is 0 Å². The van der Waals surface area contributed by atoms with Crippen molar-refractivity contribution < 1.29 is 9.84 Å². The van der Waals surface area contributed by atoms with E-state index in [2.05, 4.69) is 41.5 Å². The zero-order chi connectivity index (χ0) is 13.3. The summed E-state index contributed by atoms with van der Waals surface area (Å²) in [6.45, 7) is 12.9. The van der Waals surface area contributed by atoms with E-state index in [0.29, 0.717) is 5.92 Å². The summed E-state index contributed by atoms with van der Waals surface area (Å²) in [4.78, 5) is 0. The van der Waals surface area contributed by atoms with Gasteiger partial charge >= 0.3 is 0 Å². The van der Waals surface area contributed by atoms with E-state index >= 15 is 0 Å². The molecule has 0 bridgehead atoms. The smallest absolute Gasteiger partial charge is 0.0687 e. The molecule has 2 nitrogen and oxygen atoms in total. The molecule has 0 aromatic carbocycles. The van der Waals surface area contributed by atoms with Crippen molar-refractivity contribution in [1.82, 2.24) is 0 Å². The Hall–Kier alpha value is 0.270. The maximum absolute atomic E-state index is 10.3. The molecule has 0 aromatic heterocycles. The van der Waals surface area contributed by atoms with Crippen LogP contribution in [0.25, 0.3) is 0 Å². The molecule has 0 amide bonds. The molecule has 1 aliphatic heterocycles. The second kappa shape index (κ2) is 5.50. The van der Waals surface area contributed by atoms with Gasteiger partial charge in [0.15, 0.2) is 0 Å². The van der Waals surface area contributed by atoms with E-state index in [4.69, 9.17) is 4.74 Å². The van der Waals surface area contributed by atoms with Gasteiger partial charge in [-0.15, -0.1) is 0 Å². The highest BCUT2D eigenvalue weighted by atomic mass is 32.2. The average molecular weight is 260 g/mol. The molecule has 0 radical (unpaired) electrons. The lowest BCUT2D eigenvalue weighted by Crippen LogP contribution is -2.37. The van der Waals surface area contributed by atoms with E-state index in [1.54, 1.807) is 0 Å². The molecule has 1 fully saturated rings.